The summed E-state index contributed by atoms with van der Waals surface area (Å²) < 4.78 is 5.21. The summed E-state index contributed by atoms with van der Waals surface area (Å²) in [4.78, 5) is 24.8. The van der Waals surface area contributed by atoms with E-state index < -0.39 is 17.5 Å². The van der Waals surface area contributed by atoms with Crippen molar-refractivity contribution >= 4 is 12.1 Å². The van der Waals surface area contributed by atoms with Crippen LogP contribution in [0.15, 0.2) is 30.3 Å². The minimum atomic E-state index is -1.04. The van der Waals surface area contributed by atoms with Gasteiger partial charge < -0.3 is 14.7 Å². The first-order valence-electron chi connectivity index (χ1n) is 6.70. The monoisotopic (exact) mass is 287 g/mol. The normalized spacial score (nSPS) is 20.8. The fourth-order valence-electron chi connectivity index (χ4n) is 2.43. The fourth-order valence-corrected chi connectivity index (χ4v) is 2.43. The Balaban J connectivity index is 1.93. The number of carboxylic acid groups (broad SMARTS) is 1. The molecule has 0 aromatic heterocycles. The molecule has 1 saturated heterocycles. The van der Waals surface area contributed by atoms with E-state index in [1.54, 1.807) is 0 Å². The molecule has 1 atom stereocenters. The average Bonchev–Trinajstić information content (AvgIpc) is 2.92. The summed E-state index contributed by atoms with van der Waals surface area (Å²) in [6, 6.07) is 9.32. The van der Waals surface area contributed by atoms with E-state index in [-0.39, 0.29) is 19.6 Å². The Labute approximate surface area is 123 Å². The van der Waals surface area contributed by atoms with Crippen LogP contribution in [0.4, 0.5) is 4.79 Å². The predicted molar refractivity (Wildman–Crippen MR) is 76.3 cm³/mol. The maximum Gasteiger partial charge on any atom is 0.410 e. The molecule has 1 amide bonds. The first-order valence-corrected chi connectivity index (χ1v) is 6.70. The summed E-state index contributed by atoms with van der Waals surface area (Å²) in [5.74, 6) is 1.43. The van der Waals surface area contributed by atoms with Crippen LogP contribution in [0.25, 0.3) is 0 Å². The quantitative estimate of drug-likeness (QED) is 0.861. The lowest BCUT2D eigenvalue weighted by Crippen LogP contribution is -2.37. The third-order valence-corrected chi connectivity index (χ3v) is 3.71. The molecule has 1 heterocycles. The number of benzene rings is 1. The smallest absolute Gasteiger partial charge is 0.410 e. The lowest BCUT2D eigenvalue weighted by atomic mass is 9.84. The highest BCUT2D eigenvalue weighted by atomic mass is 16.6. The zero-order chi connectivity index (χ0) is 15.3. The largest absolute Gasteiger partial charge is 0.481 e. The van der Waals surface area contributed by atoms with Crippen LogP contribution in [-0.2, 0) is 16.1 Å². The van der Waals surface area contributed by atoms with Gasteiger partial charge in [-0.3, -0.25) is 4.79 Å². The van der Waals surface area contributed by atoms with Crippen molar-refractivity contribution in [2.24, 2.45) is 5.41 Å². The Morgan fingerprint density at radius 2 is 2.10 bits per heavy atom. The lowest BCUT2D eigenvalue weighted by Gasteiger charge is -2.22. The molecule has 0 aliphatic carbocycles. The first-order chi connectivity index (χ1) is 10.1. The van der Waals surface area contributed by atoms with Gasteiger partial charge in [-0.2, -0.15) is 0 Å². The third kappa shape index (κ3) is 3.34. The number of aliphatic carboxylic acids is 1. The summed E-state index contributed by atoms with van der Waals surface area (Å²) in [6.45, 7) is 0.618. The number of hydrogen-bond acceptors (Lipinski definition) is 3. The molecule has 110 valence electrons. The summed E-state index contributed by atoms with van der Waals surface area (Å²) in [7, 11) is 0. The third-order valence-electron chi connectivity index (χ3n) is 3.71. The molecule has 1 aliphatic heterocycles. The second-order valence-electron chi connectivity index (χ2n) is 5.18. The summed E-state index contributed by atoms with van der Waals surface area (Å²) in [6.07, 6.45) is 5.21. The van der Waals surface area contributed by atoms with Gasteiger partial charge in [-0.25, -0.2) is 4.79 Å². The highest BCUT2D eigenvalue weighted by Crippen LogP contribution is 2.34. The van der Waals surface area contributed by atoms with Crippen LogP contribution in [-0.4, -0.2) is 35.2 Å². The highest BCUT2D eigenvalue weighted by Gasteiger charge is 2.46. The van der Waals surface area contributed by atoms with Crippen molar-refractivity contribution in [1.29, 1.82) is 0 Å². The van der Waals surface area contributed by atoms with E-state index in [9.17, 15) is 14.7 Å². The number of carboxylic acids is 1. The number of carbonyl (C=O) groups excluding carboxylic acids is 1. The fraction of sp³-hybridized carbons (Fsp3) is 0.375. The zero-order valence-electron chi connectivity index (χ0n) is 11.6. The Bertz CT molecular complexity index is 563. The highest BCUT2D eigenvalue weighted by molar-refractivity contribution is 5.78. The van der Waals surface area contributed by atoms with Crippen LogP contribution in [0.1, 0.15) is 18.4 Å². The second-order valence-corrected chi connectivity index (χ2v) is 5.18. The van der Waals surface area contributed by atoms with Gasteiger partial charge in [0, 0.05) is 19.5 Å². The van der Waals surface area contributed by atoms with E-state index in [1.165, 1.54) is 4.90 Å². The van der Waals surface area contributed by atoms with Crippen molar-refractivity contribution in [1.82, 2.24) is 4.90 Å². The average molecular weight is 287 g/mol. The molecule has 1 aromatic rings. The molecule has 1 unspecified atom stereocenters. The van der Waals surface area contributed by atoms with E-state index in [0.717, 1.165) is 5.56 Å². The maximum atomic E-state index is 12.0. The Morgan fingerprint density at radius 1 is 1.38 bits per heavy atom. The van der Waals surface area contributed by atoms with Gasteiger partial charge in [0.25, 0.3) is 0 Å². The van der Waals surface area contributed by atoms with Crippen LogP contribution in [0.5, 0.6) is 0 Å². The molecule has 1 aliphatic rings. The molecule has 0 radical (unpaired) electrons. The molecule has 0 bridgehead atoms. The Hall–Kier alpha value is -2.48. The number of hydrogen-bond donors (Lipinski definition) is 1. The van der Waals surface area contributed by atoms with Crippen LogP contribution < -0.4 is 0 Å². The van der Waals surface area contributed by atoms with Gasteiger partial charge in [0.1, 0.15) is 6.61 Å². The van der Waals surface area contributed by atoms with Crippen molar-refractivity contribution in [3.05, 3.63) is 35.9 Å². The van der Waals surface area contributed by atoms with E-state index in [4.69, 9.17) is 11.2 Å². The van der Waals surface area contributed by atoms with Crippen LogP contribution >= 0.6 is 0 Å². The molecular weight excluding hydrogens is 270 g/mol. The molecule has 1 N–H and O–H groups in total. The van der Waals surface area contributed by atoms with Gasteiger partial charge in [-0.05, 0) is 12.0 Å². The van der Waals surface area contributed by atoms with Crippen molar-refractivity contribution in [2.75, 3.05) is 13.1 Å². The van der Waals surface area contributed by atoms with Gasteiger partial charge in [-0.1, -0.05) is 30.3 Å². The van der Waals surface area contributed by atoms with Crippen LogP contribution in [0.3, 0.4) is 0 Å². The van der Waals surface area contributed by atoms with Crippen molar-refractivity contribution < 1.29 is 19.4 Å². The standard InChI is InChI=1S/C16H17NO4/c1-2-8-16(14(18)19)9-10-17(12-16)15(20)21-11-13-6-4-3-5-7-13/h1,3-7H,8-12H2,(H,18,19). The second kappa shape index (κ2) is 6.31. The Morgan fingerprint density at radius 3 is 2.71 bits per heavy atom. The van der Waals surface area contributed by atoms with Gasteiger partial charge in [0.2, 0.25) is 0 Å². The van der Waals surface area contributed by atoms with Crippen LogP contribution in [0, 0.1) is 17.8 Å². The molecular formula is C16H17NO4. The van der Waals surface area contributed by atoms with E-state index in [1.807, 2.05) is 30.3 Å². The summed E-state index contributed by atoms with van der Waals surface area (Å²) >= 11 is 0. The molecule has 1 fully saturated rings. The molecule has 0 spiro atoms. The topological polar surface area (TPSA) is 66.8 Å². The zero-order valence-corrected chi connectivity index (χ0v) is 11.6. The molecule has 21 heavy (non-hydrogen) atoms. The number of likely N-dealkylation sites (tertiary alicyclic amines) is 1. The van der Waals surface area contributed by atoms with Crippen LogP contribution in [0.2, 0.25) is 0 Å². The predicted octanol–water partition coefficient (Wildman–Crippen LogP) is 2.12. The van der Waals surface area contributed by atoms with Crippen molar-refractivity contribution in [3.8, 4) is 12.3 Å². The Kier molecular flexibility index (Phi) is 4.49. The maximum absolute atomic E-state index is 12.0. The first kappa shape index (κ1) is 14.9. The molecule has 1 aromatic carbocycles. The number of terminal acetylenes is 1. The van der Waals surface area contributed by atoms with E-state index in [2.05, 4.69) is 5.92 Å². The SMILES string of the molecule is C#CCC1(C(=O)O)CCN(C(=O)OCc2ccccc2)C1. The summed E-state index contributed by atoms with van der Waals surface area (Å²) in [5, 5.41) is 9.33. The lowest BCUT2D eigenvalue weighted by molar-refractivity contribution is -0.147. The minimum Gasteiger partial charge on any atom is -0.481 e. The van der Waals surface area contributed by atoms with Gasteiger partial charge in [0.05, 0.1) is 5.41 Å². The molecule has 5 nitrogen and oxygen atoms in total. The number of rotatable bonds is 4. The van der Waals surface area contributed by atoms with E-state index in [0.29, 0.717) is 13.0 Å². The number of ether oxygens (including phenoxy) is 1. The summed E-state index contributed by atoms with van der Waals surface area (Å²) in [5.41, 5.74) is -0.154. The van der Waals surface area contributed by atoms with Crippen molar-refractivity contribution in [2.45, 2.75) is 19.4 Å². The van der Waals surface area contributed by atoms with E-state index >= 15 is 0 Å². The molecule has 0 saturated carbocycles. The number of nitrogens with zero attached hydrogens (tertiary/aromatic N) is 1. The molecule has 5 heteroatoms. The number of amides is 1. The van der Waals surface area contributed by atoms with Gasteiger partial charge >= 0.3 is 12.1 Å². The number of carbonyl (C=O) groups is 2. The van der Waals surface area contributed by atoms with Gasteiger partial charge in [0.15, 0.2) is 0 Å². The van der Waals surface area contributed by atoms with Gasteiger partial charge in [-0.15, -0.1) is 12.3 Å². The van der Waals surface area contributed by atoms with Crippen molar-refractivity contribution in [3.63, 3.8) is 0 Å². The minimum absolute atomic E-state index is 0.0974. The molecule has 2 rings (SSSR count).